The summed E-state index contributed by atoms with van der Waals surface area (Å²) in [5.74, 6) is 0.554. The van der Waals surface area contributed by atoms with E-state index in [1.54, 1.807) is 12.2 Å². The maximum Gasteiger partial charge on any atom is 0.219 e. The number of hydrogen-bond acceptors (Lipinski definition) is 3. The smallest absolute Gasteiger partial charge is 0.219 e. The number of aromatic nitrogens is 2. The van der Waals surface area contributed by atoms with E-state index in [0.717, 1.165) is 60.1 Å². The maximum absolute atomic E-state index is 11.5. The summed E-state index contributed by atoms with van der Waals surface area (Å²) in [6, 6.07) is 56.3. The molecule has 0 saturated heterocycles. The molecule has 3 aromatic heterocycles. The van der Waals surface area contributed by atoms with Gasteiger partial charge in [0, 0.05) is 113 Å². The summed E-state index contributed by atoms with van der Waals surface area (Å²) in [5.41, 5.74) is 21.0. The van der Waals surface area contributed by atoms with Crippen molar-refractivity contribution in [2.24, 2.45) is 0 Å². The molecule has 2 aliphatic heterocycles. The van der Waals surface area contributed by atoms with Crippen LogP contribution in [0.3, 0.4) is 0 Å². The third kappa shape index (κ3) is 8.88. The fraction of sp³-hybridized carbons (Fsp3) is 0.110. The Morgan fingerprint density at radius 3 is 2.39 bits per heavy atom. The third-order valence-electron chi connectivity index (χ3n) is 16.0. The first-order valence-electron chi connectivity index (χ1n) is 27.6. The summed E-state index contributed by atoms with van der Waals surface area (Å²) in [5, 5.41) is 16.6. The van der Waals surface area contributed by atoms with Crippen LogP contribution in [0.4, 0.5) is 17.1 Å². The molecule has 5 nitrogen and oxygen atoms in total. The number of thiophene rings is 1. The molecule has 6 heteroatoms. The predicted molar refractivity (Wildman–Crippen MR) is 342 cm³/mol. The Balaban J connectivity index is 0.000000161. The van der Waals surface area contributed by atoms with Crippen LogP contribution in [0.2, 0.25) is 0 Å². The molecule has 0 saturated carbocycles. The second kappa shape index (κ2) is 21.0. The van der Waals surface area contributed by atoms with Crippen LogP contribution in [0.5, 0.6) is 0 Å². The monoisotopic (exact) mass is 1040 g/mol. The standard InChI is InChI=1S/C43H36N2OS.C30H25N2/c1-4-32(40(46)24-26-45-39-21-9-6-17-34(39)36-19-11-13-28(2)42(36)45)30-14-12-15-31(27-30)44-25-23-37-35-18-7-10-22-41(35)47-43(37)29(3)33-16-5-8-20-38(33)44;1-2-3-4-9-18-32-29-13-8-6-11-24(29)26-20-22(15-17-30(26)32)21-14-16-28-25(19-21)23-10-5-7-12-27(23)31-28/h4,6-12,14-15,17-28,46H,1,3,5,13,16H2,2H3;2-3,5-8,10-20,31H,4,9H2,1H3/q;+1/b25-23-,26-24-,40-32-;3-2-,32-18?. The second-order valence-electron chi connectivity index (χ2n) is 20.8. The Bertz CT molecular complexity index is 4380. The predicted octanol–water partition coefficient (Wildman–Crippen LogP) is 20.3. The average Bonchev–Trinajstić information content (AvgIpc) is 4.32. The second-order valence-corrected chi connectivity index (χ2v) is 21.8. The fourth-order valence-corrected chi connectivity index (χ4v) is 13.4. The first kappa shape index (κ1) is 49.3. The molecule has 1 atom stereocenters. The lowest BCUT2D eigenvalue weighted by molar-refractivity contribution is 0.436. The third-order valence-corrected chi connectivity index (χ3v) is 17.3. The summed E-state index contributed by atoms with van der Waals surface area (Å²) >= 11 is 1.82. The number of nitrogens with zero attached hydrogens (tertiary/aromatic N) is 3. The first-order valence-corrected chi connectivity index (χ1v) is 28.4. The summed E-state index contributed by atoms with van der Waals surface area (Å²) < 4.78 is 5.87. The highest BCUT2D eigenvalue weighted by Gasteiger charge is 2.31. The zero-order valence-electron chi connectivity index (χ0n) is 44.7. The quantitative estimate of drug-likeness (QED) is 0.0498. The van der Waals surface area contributed by atoms with Crippen molar-refractivity contribution in [3.05, 3.63) is 264 Å². The van der Waals surface area contributed by atoms with Gasteiger partial charge in [-0.3, -0.25) is 0 Å². The molecule has 79 heavy (non-hydrogen) atoms. The molecule has 7 aromatic carbocycles. The molecule has 0 bridgehead atoms. The summed E-state index contributed by atoms with van der Waals surface area (Å²) in [6.45, 7) is 13.1. The molecular weight excluding hydrogens is 981 g/mol. The first-order chi connectivity index (χ1) is 38.9. The van der Waals surface area contributed by atoms with E-state index in [1.807, 2.05) is 23.6 Å². The Kier molecular flexibility index (Phi) is 13.1. The van der Waals surface area contributed by atoms with Crippen molar-refractivity contribution >= 4 is 107 Å². The highest BCUT2D eigenvalue weighted by Crippen LogP contribution is 2.48. The van der Waals surface area contributed by atoms with Gasteiger partial charge >= 0.3 is 0 Å². The van der Waals surface area contributed by atoms with Gasteiger partial charge in [0.1, 0.15) is 5.76 Å². The zero-order valence-corrected chi connectivity index (χ0v) is 45.5. The van der Waals surface area contributed by atoms with E-state index in [2.05, 4.69) is 253 Å². The minimum Gasteiger partial charge on any atom is -0.507 e. The largest absolute Gasteiger partial charge is 0.507 e. The van der Waals surface area contributed by atoms with Gasteiger partial charge in [-0.15, -0.1) is 11.3 Å². The van der Waals surface area contributed by atoms with Crippen molar-refractivity contribution in [2.45, 2.75) is 51.9 Å². The van der Waals surface area contributed by atoms with Gasteiger partial charge in [0.15, 0.2) is 6.21 Å². The number of rotatable bonds is 9. The van der Waals surface area contributed by atoms with Crippen LogP contribution in [-0.2, 0) is 0 Å². The van der Waals surface area contributed by atoms with Crippen LogP contribution in [0.25, 0.3) is 94.5 Å². The van der Waals surface area contributed by atoms with Gasteiger partial charge in [-0.25, -0.2) is 0 Å². The number of allylic oxidation sites excluding steroid dienone is 10. The number of benzene rings is 7. The van der Waals surface area contributed by atoms with E-state index >= 15 is 0 Å². The van der Waals surface area contributed by atoms with Crippen LogP contribution < -0.4 is 9.48 Å². The van der Waals surface area contributed by atoms with Gasteiger partial charge in [0.25, 0.3) is 0 Å². The van der Waals surface area contributed by atoms with Gasteiger partial charge in [-0.2, -0.15) is 4.58 Å². The number of aliphatic hydroxyl groups is 1. The van der Waals surface area contributed by atoms with Crippen LogP contribution in [0, 0.1) is 0 Å². The van der Waals surface area contributed by atoms with E-state index in [0.29, 0.717) is 11.5 Å². The molecule has 14 rings (SSSR count). The lowest BCUT2D eigenvalue weighted by Crippen LogP contribution is -2.19. The fourth-order valence-electron chi connectivity index (χ4n) is 12.2. The maximum atomic E-state index is 11.5. The van der Waals surface area contributed by atoms with E-state index in [1.165, 1.54) is 98.2 Å². The molecule has 1 unspecified atom stereocenters. The highest BCUT2D eigenvalue weighted by atomic mass is 32.1. The summed E-state index contributed by atoms with van der Waals surface area (Å²) in [6.07, 6.45) is 30.6. The topological polar surface area (TPSA) is 47.2 Å². The molecule has 4 aliphatic rings. The summed E-state index contributed by atoms with van der Waals surface area (Å²) in [4.78, 5) is 7.03. The van der Waals surface area contributed by atoms with Gasteiger partial charge < -0.3 is 19.6 Å². The molecule has 2 N–H and O–H groups in total. The van der Waals surface area contributed by atoms with Crippen molar-refractivity contribution in [1.82, 2.24) is 14.1 Å². The average molecular weight is 1040 g/mol. The Morgan fingerprint density at radius 1 is 0.734 bits per heavy atom. The minimum absolute atomic E-state index is 0.172. The van der Waals surface area contributed by atoms with Crippen molar-refractivity contribution in [3.63, 3.8) is 0 Å². The molecule has 10 aromatic rings. The molecule has 384 valence electrons. The molecular formula is C73H61N4OS+. The van der Waals surface area contributed by atoms with Gasteiger partial charge in [-0.1, -0.05) is 141 Å². The number of para-hydroxylation sites is 3. The van der Waals surface area contributed by atoms with E-state index < -0.39 is 0 Å². The van der Waals surface area contributed by atoms with Crippen molar-refractivity contribution in [3.8, 4) is 22.3 Å². The minimum atomic E-state index is 0.172. The van der Waals surface area contributed by atoms with Crippen molar-refractivity contribution < 1.29 is 5.11 Å². The van der Waals surface area contributed by atoms with E-state index in [4.69, 9.17) is 0 Å². The molecule has 0 amide bonds. The van der Waals surface area contributed by atoms with Crippen molar-refractivity contribution in [1.29, 1.82) is 0 Å². The zero-order chi connectivity index (χ0) is 53.6. The number of anilines is 1. The summed E-state index contributed by atoms with van der Waals surface area (Å²) in [7, 11) is 0. The molecule has 2 aliphatic carbocycles. The number of aliphatic hydroxyl groups excluding tert-OH is 1. The number of nitrogens with one attached hydrogen (secondary N) is 1. The van der Waals surface area contributed by atoms with Gasteiger partial charge in [-0.05, 0) is 139 Å². The normalized spacial score (nSPS) is 16.7. The van der Waals surface area contributed by atoms with Gasteiger partial charge in [0.05, 0.1) is 16.6 Å². The molecule has 0 spiro atoms. The molecule has 5 heterocycles. The number of H-pyrrole nitrogens is 1. The van der Waals surface area contributed by atoms with Crippen LogP contribution >= 0.6 is 11.3 Å². The number of fused-ring (bicyclic) bond motifs is 12. The van der Waals surface area contributed by atoms with E-state index in [-0.39, 0.29) is 5.76 Å². The molecule has 0 fully saturated rings. The number of aromatic amines is 1. The van der Waals surface area contributed by atoms with Crippen LogP contribution in [0.1, 0.15) is 79.1 Å². The molecule has 0 radical (unpaired) electrons. The van der Waals surface area contributed by atoms with Crippen LogP contribution in [-0.4, -0.2) is 20.9 Å². The Labute approximate surface area is 466 Å². The Hall–Kier alpha value is -9.23. The van der Waals surface area contributed by atoms with Crippen molar-refractivity contribution in [2.75, 3.05) is 4.90 Å². The van der Waals surface area contributed by atoms with Gasteiger partial charge in [0.2, 0.25) is 11.4 Å². The number of hydrogen-bond donors (Lipinski definition) is 2. The number of unbranched alkanes of at least 4 members (excludes halogenated alkanes) is 1. The SMILES string of the molecule is C/C=C\CCC=[N+]1c2ccccc2-c2cc(-c3ccc4[nH]c5ccccc5c4c3)ccc21.C=C/C(=C(O)\C=C/n1c2c(c3ccccc31)C=CCC2C)c1cccc(N2/C=C\c3c(sc4ccccc34)C(=C)C3=C2C=CCC3)c1. The van der Waals surface area contributed by atoms with E-state index in [9.17, 15) is 5.11 Å². The highest BCUT2D eigenvalue weighted by molar-refractivity contribution is 7.20. The Morgan fingerprint density at radius 2 is 1.51 bits per heavy atom. The van der Waals surface area contributed by atoms with Crippen LogP contribution in [0.15, 0.2) is 237 Å². The lowest BCUT2D eigenvalue weighted by atomic mass is 9.91. The lowest BCUT2D eigenvalue weighted by Gasteiger charge is -2.30.